The van der Waals surface area contributed by atoms with E-state index in [0.29, 0.717) is 26.3 Å². The van der Waals surface area contributed by atoms with Crippen LogP contribution in [0.15, 0.2) is 24.3 Å². The molecule has 0 aromatic heterocycles. The molecule has 1 fully saturated rings. The van der Waals surface area contributed by atoms with Crippen LogP contribution in [0.4, 0.5) is 5.69 Å². The highest BCUT2D eigenvalue weighted by atomic mass is 16.5. The number of hydrogen-bond donors (Lipinski definition) is 1. The largest absolute Gasteiger partial charge is 0.491 e. The first-order valence-corrected chi connectivity index (χ1v) is 8.87. The van der Waals surface area contributed by atoms with E-state index in [4.69, 9.17) is 9.47 Å². The Labute approximate surface area is 149 Å². The lowest BCUT2D eigenvalue weighted by Gasteiger charge is -2.24. The summed E-state index contributed by atoms with van der Waals surface area (Å²) in [5, 5.41) is 2.93. The van der Waals surface area contributed by atoms with Crippen LogP contribution in [-0.2, 0) is 14.3 Å². The van der Waals surface area contributed by atoms with Gasteiger partial charge in [-0.3, -0.25) is 9.59 Å². The van der Waals surface area contributed by atoms with Gasteiger partial charge in [0, 0.05) is 44.8 Å². The fraction of sp³-hybridized carbons (Fsp3) is 0.579. The SMILES string of the molecule is CC(=O)N(CCNC(=O)C1CCOCC1)c1ccc(OC(C)C)cc1. The van der Waals surface area contributed by atoms with E-state index in [1.165, 1.54) is 6.92 Å². The summed E-state index contributed by atoms with van der Waals surface area (Å²) in [6, 6.07) is 7.43. The molecule has 0 saturated carbocycles. The maximum absolute atomic E-state index is 12.1. The number of hydrogen-bond acceptors (Lipinski definition) is 4. The molecule has 25 heavy (non-hydrogen) atoms. The second kappa shape index (κ2) is 9.42. The molecule has 0 aliphatic carbocycles. The van der Waals surface area contributed by atoms with Crippen molar-refractivity contribution in [2.24, 2.45) is 5.92 Å². The molecule has 0 unspecified atom stereocenters. The number of carbonyl (C=O) groups is 2. The number of anilines is 1. The van der Waals surface area contributed by atoms with Crippen LogP contribution in [0.1, 0.15) is 33.6 Å². The molecule has 1 heterocycles. The van der Waals surface area contributed by atoms with Gasteiger partial charge in [-0.1, -0.05) is 0 Å². The zero-order valence-corrected chi connectivity index (χ0v) is 15.3. The Bertz CT molecular complexity index is 565. The molecular formula is C19H28N2O4. The van der Waals surface area contributed by atoms with Crippen molar-refractivity contribution in [2.45, 2.75) is 39.7 Å². The Morgan fingerprint density at radius 2 is 1.88 bits per heavy atom. The van der Waals surface area contributed by atoms with Crippen LogP contribution in [0.25, 0.3) is 0 Å². The van der Waals surface area contributed by atoms with E-state index in [1.807, 2.05) is 38.1 Å². The maximum atomic E-state index is 12.1. The molecule has 1 saturated heterocycles. The van der Waals surface area contributed by atoms with Gasteiger partial charge >= 0.3 is 0 Å². The van der Waals surface area contributed by atoms with Gasteiger partial charge in [-0.2, -0.15) is 0 Å². The molecule has 1 aliphatic heterocycles. The van der Waals surface area contributed by atoms with E-state index in [9.17, 15) is 9.59 Å². The highest BCUT2D eigenvalue weighted by Gasteiger charge is 2.21. The number of rotatable bonds is 7. The van der Waals surface area contributed by atoms with Gasteiger partial charge in [0.2, 0.25) is 11.8 Å². The van der Waals surface area contributed by atoms with Crippen molar-refractivity contribution < 1.29 is 19.1 Å². The van der Waals surface area contributed by atoms with Crippen LogP contribution < -0.4 is 15.0 Å². The van der Waals surface area contributed by atoms with Crippen molar-refractivity contribution in [3.63, 3.8) is 0 Å². The molecule has 0 spiro atoms. The van der Waals surface area contributed by atoms with E-state index in [0.717, 1.165) is 24.3 Å². The lowest BCUT2D eigenvalue weighted by atomic mass is 9.99. The van der Waals surface area contributed by atoms with Crippen molar-refractivity contribution in [2.75, 3.05) is 31.2 Å². The van der Waals surface area contributed by atoms with Gasteiger partial charge < -0.3 is 19.7 Å². The number of amides is 2. The number of ether oxygens (including phenoxy) is 2. The molecule has 138 valence electrons. The molecule has 0 atom stereocenters. The zero-order valence-electron chi connectivity index (χ0n) is 15.3. The third-order valence-electron chi connectivity index (χ3n) is 4.13. The maximum Gasteiger partial charge on any atom is 0.223 e. The first-order valence-electron chi connectivity index (χ1n) is 8.87. The van der Waals surface area contributed by atoms with Gasteiger partial charge in [-0.15, -0.1) is 0 Å². The first-order chi connectivity index (χ1) is 12.0. The van der Waals surface area contributed by atoms with Crippen molar-refractivity contribution in [3.8, 4) is 5.75 Å². The number of carbonyl (C=O) groups excluding carboxylic acids is 2. The summed E-state index contributed by atoms with van der Waals surface area (Å²) < 4.78 is 10.9. The minimum atomic E-state index is -0.0576. The molecule has 1 aromatic rings. The molecule has 2 rings (SSSR count). The van der Waals surface area contributed by atoms with E-state index >= 15 is 0 Å². The monoisotopic (exact) mass is 348 g/mol. The van der Waals surface area contributed by atoms with Crippen LogP contribution in [0.3, 0.4) is 0 Å². The van der Waals surface area contributed by atoms with Crippen molar-refractivity contribution >= 4 is 17.5 Å². The average molecular weight is 348 g/mol. The summed E-state index contributed by atoms with van der Waals surface area (Å²) in [6.07, 6.45) is 1.63. The van der Waals surface area contributed by atoms with Gasteiger partial charge in [-0.25, -0.2) is 0 Å². The summed E-state index contributed by atoms with van der Waals surface area (Å²) >= 11 is 0. The standard InChI is InChI=1S/C19H28N2O4/c1-14(2)25-18-6-4-17(5-7-18)21(15(3)22)11-10-20-19(23)16-8-12-24-13-9-16/h4-7,14,16H,8-13H2,1-3H3,(H,20,23). The third kappa shape index (κ3) is 6.05. The second-order valence-electron chi connectivity index (χ2n) is 6.51. The lowest BCUT2D eigenvalue weighted by molar-refractivity contribution is -0.127. The summed E-state index contributed by atoms with van der Waals surface area (Å²) in [5.74, 6) is 0.785. The number of nitrogens with zero attached hydrogens (tertiary/aromatic N) is 1. The van der Waals surface area contributed by atoms with E-state index < -0.39 is 0 Å². The van der Waals surface area contributed by atoms with E-state index in [1.54, 1.807) is 4.90 Å². The third-order valence-corrected chi connectivity index (χ3v) is 4.13. The molecule has 0 bridgehead atoms. The Hall–Kier alpha value is -2.08. The fourth-order valence-corrected chi connectivity index (χ4v) is 2.84. The van der Waals surface area contributed by atoms with Gasteiger partial charge in [0.05, 0.1) is 6.10 Å². The quantitative estimate of drug-likeness (QED) is 0.821. The van der Waals surface area contributed by atoms with Crippen molar-refractivity contribution in [1.82, 2.24) is 5.32 Å². The van der Waals surface area contributed by atoms with E-state index in [2.05, 4.69) is 5.32 Å². The van der Waals surface area contributed by atoms with Gasteiger partial charge in [0.25, 0.3) is 0 Å². The minimum absolute atomic E-state index is 0.0204. The highest BCUT2D eigenvalue weighted by Crippen LogP contribution is 2.20. The number of benzene rings is 1. The van der Waals surface area contributed by atoms with Crippen LogP contribution in [0, 0.1) is 5.92 Å². The predicted octanol–water partition coefficient (Wildman–Crippen LogP) is 2.37. The minimum Gasteiger partial charge on any atom is -0.491 e. The average Bonchev–Trinajstić information content (AvgIpc) is 2.59. The number of nitrogens with one attached hydrogen (secondary N) is 1. The Kier molecular flexibility index (Phi) is 7.25. The molecule has 2 amide bonds. The molecule has 0 radical (unpaired) electrons. The topological polar surface area (TPSA) is 67.9 Å². The molecule has 6 heteroatoms. The summed E-state index contributed by atoms with van der Waals surface area (Å²) in [6.45, 7) is 7.62. The van der Waals surface area contributed by atoms with Gasteiger partial charge in [-0.05, 0) is 51.0 Å². The Morgan fingerprint density at radius 3 is 2.44 bits per heavy atom. The Morgan fingerprint density at radius 1 is 1.24 bits per heavy atom. The Balaban J connectivity index is 1.87. The predicted molar refractivity (Wildman–Crippen MR) is 96.8 cm³/mol. The fourth-order valence-electron chi connectivity index (χ4n) is 2.84. The van der Waals surface area contributed by atoms with Crippen molar-refractivity contribution in [3.05, 3.63) is 24.3 Å². The molecular weight excluding hydrogens is 320 g/mol. The van der Waals surface area contributed by atoms with E-state index in [-0.39, 0.29) is 23.8 Å². The summed E-state index contributed by atoms with van der Waals surface area (Å²) in [4.78, 5) is 25.8. The molecule has 1 N–H and O–H groups in total. The lowest BCUT2D eigenvalue weighted by Crippen LogP contribution is -2.40. The second-order valence-corrected chi connectivity index (χ2v) is 6.51. The van der Waals surface area contributed by atoms with Crippen LogP contribution in [0.5, 0.6) is 5.75 Å². The van der Waals surface area contributed by atoms with Crippen LogP contribution in [0.2, 0.25) is 0 Å². The van der Waals surface area contributed by atoms with Crippen LogP contribution >= 0.6 is 0 Å². The highest BCUT2D eigenvalue weighted by molar-refractivity contribution is 5.91. The first kappa shape index (κ1) is 19.2. The van der Waals surface area contributed by atoms with Crippen LogP contribution in [-0.4, -0.2) is 44.2 Å². The molecule has 6 nitrogen and oxygen atoms in total. The normalized spacial score (nSPS) is 15.0. The molecule has 1 aliphatic rings. The van der Waals surface area contributed by atoms with Gasteiger partial charge in [0.1, 0.15) is 5.75 Å². The smallest absolute Gasteiger partial charge is 0.223 e. The molecule has 1 aromatic carbocycles. The summed E-state index contributed by atoms with van der Waals surface area (Å²) in [7, 11) is 0. The summed E-state index contributed by atoms with van der Waals surface area (Å²) in [5.41, 5.74) is 0.795. The van der Waals surface area contributed by atoms with Crippen molar-refractivity contribution in [1.29, 1.82) is 0 Å². The van der Waals surface area contributed by atoms with Gasteiger partial charge in [0.15, 0.2) is 0 Å². The zero-order chi connectivity index (χ0) is 18.2.